The third-order valence-corrected chi connectivity index (χ3v) is 8.16. The molecule has 7 nitrogen and oxygen atoms in total. The van der Waals surface area contributed by atoms with E-state index in [1.54, 1.807) is 6.92 Å². The van der Waals surface area contributed by atoms with Crippen LogP contribution in [0, 0.1) is 6.92 Å². The molecule has 4 rings (SSSR count). The highest BCUT2D eigenvalue weighted by Gasteiger charge is 2.30. The maximum absolute atomic E-state index is 12.3. The molecule has 0 spiro atoms. The second-order valence-corrected chi connectivity index (χ2v) is 11.1. The monoisotopic (exact) mass is 480 g/mol. The first kappa shape index (κ1) is 24.2. The minimum Gasteiger partial charge on any atom is -0.477 e. The van der Waals surface area contributed by atoms with Crippen molar-refractivity contribution in [3.8, 4) is 17.1 Å². The van der Waals surface area contributed by atoms with Crippen molar-refractivity contribution in [1.29, 1.82) is 0 Å². The Kier molecular flexibility index (Phi) is 7.19. The van der Waals surface area contributed by atoms with Crippen molar-refractivity contribution in [1.82, 2.24) is 15.1 Å². The first-order valence-corrected chi connectivity index (χ1v) is 13.5. The second kappa shape index (κ2) is 10.1. The molecule has 2 N–H and O–H groups in total. The minimum absolute atomic E-state index is 0.0886. The molecule has 2 aromatic carbocycles. The number of aryl methyl sites for hydroxylation is 1. The minimum atomic E-state index is -3.07. The number of nitrogen functional groups attached to an aromatic ring is 1. The van der Waals surface area contributed by atoms with Crippen LogP contribution in [0.3, 0.4) is 0 Å². The molecule has 180 valence electrons. The Labute approximate surface area is 201 Å². The van der Waals surface area contributed by atoms with Crippen LogP contribution >= 0.6 is 0 Å². The molecule has 1 aliphatic rings. The molecule has 0 saturated carbocycles. The van der Waals surface area contributed by atoms with E-state index in [1.807, 2.05) is 31.2 Å². The van der Waals surface area contributed by atoms with E-state index in [1.165, 1.54) is 0 Å². The molecule has 0 aliphatic carbocycles. The van der Waals surface area contributed by atoms with E-state index in [-0.39, 0.29) is 17.5 Å². The van der Waals surface area contributed by atoms with Gasteiger partial charge in [-0.25, -0.2) is 8.42 Å². The van der Waals surface area contributed by atoms with Crippen molar-refractivity contribution in [2.75, 3.05) is 36.9 Å². The van der Waals surface area contributed by atoms with Gasteiger partial charge in [-0.05, 0) is 60.7 Å². The molecule has 1 atom stereocenters. The molecule has 3 aromatic rings. The number of rotatable bonds is 8. The molecule has 0 saturated heterocycles. The third-order valence-electron chi connectivity index (χ3n) is 6.47. The highest BCUT2D eigenvalue weighted by atomic mass is 32.2. The fraction of sp³-hybridized carbons (Fsp3) is 0.385. The molecule has 0 radical (unpaired) electrons. The van der Waals surface area contributed by atoms with Gasteiger partial charge in [0.25, 0.3) is 0 Å². The molecule has 8 heteroatoms. The first-order chi connectivity index (χ1) is 16.3. The topological polar surface area (TPSA) is 98.4 Å². The van der Waals surface area contributed by atoms with Crippen molar-refractivity contribution < 1.29 is 13.2 Å². The lowest BCUT2D eigenvalue weighted by Gasteiger charge is -2.38. The number of sulfone groups is 1. The van der Waals surface area contributed by atoms with E-state index in [2.05, 4.69) is 46.3 Å². The summed E-state index contributed by atoms with van der Waals surface area (Å²) in [4.78, 5) is 2.26. The van der Waals surface area contributed by atoms with Gasteiger partial charge < -0.3 is 10.5 Å². The van der Waals surface area contributed by atoms with Crippen LogP contribution in [0.2, 0.25) is 0 Å². The molecular weight excluding hydrogens is 448 g/mol. The van der Waals surface area contributed by atoms with Crippen LogP contribution in [0.5, 0.6) is 5.88 Å². The predicted octanol–water partition coefficient (Wildman–Crippen LogP) is 3.82. The number of hydrogen-bond donors (Lipinski definition) is 1. The maximum Gasteiger partial charge on any atom is 0.233 e. The molecule has 34 heavy (non-hydrogen) atoms. The zero-order valence-electron chi connectivity index (χ0n) is 20.0. The Morgan fingerprint density at radius 1 is 1.12 bits per heavy atom. The zero-order valence-corrected chi connectivity index (χ0v) is 20.8. The van der Waals surface area contributed by atoms with Crippen molar-refractivity contribution in [3.05, 3.63) is 70.8 Å². The SMILES string of the molecule is CCOc1ccc(-c2cc(C3c4cccc(N)c4CCN3CCS(=O)(=O)CC)ccc2C)nn1. The van der Waals surface area contributed by atoms with E-state index in [4.69, 9.17) is 10.5 Å². The van der Waals surface area contributed by atoms with Crippen LogP contribution in [0.15, 0.2) is 48.5 Å². The van der Waals surface area contributed by atoms with Gasteiger partial charge in [-0.2, -0.15) is 0 Å². The van der Waals surface area contributed by atoms with E-state index in [9.17, 15) is 8.42 Å². The number of aromatic nitrogens is 2. The molecule has 0 fully saturated rings. The highest BCUT2D eigenvalue weighted by molar-refractivity contribution is 7.91. The Bertz CT molecular complexity index is 1260. The van der Waals surface area contributed by atoms with Crippen LogP contribution in [0.1, 0.15) is 42.1 Å². The Morgan fingerprint density at radius 2 is 1.94 bits per heavy atom. The Balaban J connectivity index is 1.76. The summed E-state index contributed by atoms with van der Waals surface area (Å²) >= 11 is 0. The largest absolute Gasteiger partial charge is 0.477 e. The molecule has 1 aliphatic heterocycles. The van der Waals surface area contributed by atoms with Crippen LogP contribution < -0.4 is 10.5 Å². The van der Waals surface area contributed by atoms with Gasteiger partial charge in [-0.1, -0.05) is 31.2 Å². The average molecular weight is 481 g/mol. The van der Waals surface area contributed by atoms with Crippen LogP contribution in [0.4, 0.5) is 5.69 Å². The lowest BCUT2D eigenvalue weighted by molar-refractivity contribution is 0.226. The normalized spacial score (nSPS) is 16.3. The quantitative estimate of drug-likeness (QED) is 0.490. The standard InChI is InChI=1S/C26H32N4O3S/c1-4-33-25-12-11-24(28-29-25)22-17-19(10-9-18(22)3)26-21-7-6-8-23(27)20(21)13-14-30(26)15-16-34(31,32)5-2/h6-12,17,26H,4-5,13-16,27H2,1-3H3. The number of ether oxygens (including phenoxy) is 1. The number of fused-ring (bicyclic) bond motifs is 1. The summed E-state index contributed by atoms with van der Waals surface area (Å²) in [6.07, 6.45) is 0.799. The van der Waals surface area contributed by atoms with Crippen LogP contribution in [-0.2, 0) is 16.3 Å². The summed E-state index contributed by atoms with van der Waals surface area (Å²) in [6.45, 7) is 7.42. The van der Waals surface area contributed by atoms with Gasteiger partial charge in [-0.15, -0.1) is 10.2 Å². The highest BCUT2D eigenvalue weighted by Crippen LogP contribution is 2.39. The summed E-state index contributed by atoms with van der Waals surface area (Å²) < 4.78 is 30.0. The third kappa shape index (κ3) is 5.08. The van der Waals surface area contributed by atoms with Crippen molar-refractivity contribution in [2.45, 2.75) is 33.2 Å². The van der Waals surface area contributed by atoms with Crippen LogP contribution in [-0.4, -0.2) is 54.7 Å². The zero-order chi connectivity index (χ0) is 24.3. The average Bonchev–Trinajstić information content (AvgIpc) is 2.84. The number of benzene rings is 2. The van der Waals surface area contributed by atoms with Gasteiger partial charge >= 0.3 is 0 Å². The van der Waals surface area contributed by atoms with Gasteiger partial charge in [0.15, 0.2) is 9.84 Å². The smallest absolute Gasteiger partial charge is 0.233 e. The molecule has 0 bridgehead atoms. The number of hydrogen-bond acceptors (Lipinski definition) is 7. The summed E-state index contributed by atoms with van der Waals surface area (Å²) in [5.41, 5.74) is 13.3. The van der Waals surface area contributed by atoms with Crippen molar-refractivity contribution in [2.24, 2.45) is 0 Å². The fourth-order valence-corrected chi connectivity index (χ4v) is 5.36. The lowest BCUT2D eigenvalue weighted by Crippen LogP contribution is -2.39. The molecule has 2 heterocycles. The molecular formula is C26H32N4O3S. The van der Waals surface area contributed by atoms with Gasteiger partial charge in [0.2, 0.25) is 5.88 Å². The fourth-order valence-electron chi connectivity index (χ4n) is 4.56. The van der Waals surface area contributed by atoms with Gasteiger partial charge in [0, 0.05) is 36.2 Å². The number of nitrogens with two attached hydrogens (primary N) is 1. The maximum atomic E-state index is 12.3. The second-order valence-electron chi connectivity index (χ2n) is 8.60. The summed E-state index contributed by atoms with van der Waals surface area (Å²) in [5.74, 6) is 0.793. The van der Waals surface area contributed by atoms with Gasteiger partial charge in [-0.3, -0.25) is 4.90 Å². The lowest BCUT2D eigenvalue weighted by atomic mass is 9.86. The van der Waals surface area contributed by atoms with E-state index in [0.29, 0.717) is 19.0 Å². The summed E-state index contributed by atoms with van der Waals surface area (Å²) in [6, 6.07) is 16.0. The molecule has 1 unspecified atom stereocenters. The van der Waals surface area contributed by atoms with E-state index in [0.717, 1.165) is 52.2 Å². The summed E-state index contributed by atoms with van der Waals surface area (Å²) in [5, 5.41) is 8.57. The van der Waals surface area contributed by atoms with Crippen molar-refractivity contribution in [3.63, 3.8) is 0 Å². The summed E-state index contributed by atoms with van der Waals surface area (Å²) in [7, 11) is -3.07. The van der Waals surface area contributed by atoms with E-state index >= 15 is 0 Å². The molecule has 0 amide bonds. The van der Waals surface area contributed by atoms with Gasteiger partial charge in [0.1, 0.15) is 0 Å². The Morgan fingerprint density at radius 3 is 2.65 bits per heavy atom. The van der Waals surface area contributed by atoms with Crippen molar-refractivity contribution >= 4 is 15.5 Å². The number of nitrogens with zero attached hydrogens (tertiary/aromatic N) is 3. The predicted molar refractivity (Wildman–Crippen MR) is 136 cm³/mol. The van der Waals surface area contributed by atoms with Gasteiger partial charge in [0.05, 0.1) is 24.1 Å². The first-order valence-electron chi connectivity index (χ1n) is 11.7. The number of anilines is 1. The molecule has 1 aromatic heterocycles. The Hall–Kier alpha value is -2.97. The van der Waals surface area contributed by atoms with Crippen LogP contribution in [0.25, 0.3) is 11.3 Å². The van der Waals surface area contributed by atoms with E-state index < -0.39 is 9.84 Å².